The highest BCUT2D eigenvalue weighted by Gasteiger charge is 2.27. The van der Waals surface area contributed by atoms with E-state index in [0.29, 0.717) is 0 Å². The standard InChI is InChI=1S/C22H18N2O3S/c1-26-17-12-10-16(11-13-17)14-23-27-15-22(25)24-18-6-2-4-8-20(18)28-21-9-5-3-7-19(21)24/h2-14H,15H2,1H3. The van der Waals surface area contributed by atoms with Gasteiger partial charge >= 0.3 is 0 Å². The number of fused-ring (bicyclic) bond motifs is 2. The fourth-order valence-electron chi connectivity index (χ4n) is 2.92. The van der Waals surface area contributed by atoms with E-state index in [2.05, 4.69) is 5.16 Å². The second-order valence-electron chi connectivity index (χ2n) is 6.05. The minimum Gasteiger partial charge on any atom is -0.497 e. The molecule has 0 fully saturated rings. The molecule has 0 aromatic heterocycles. The third kappa shape index (κ3) is 3.73. The van der Waals surface area contributed by atoms with E-state index >= 15 is 0 Å². The summed E-state index contributed by atoms with van der Waals surface area (Å²) in [7, 11) is 1.62. The Labute approximate surface area is 167 Å². The summed E-state index contributed by atoms with van der Waals surface area (Å²) < 4.78 is 5.12. The number of rotatable bonds is 5. The Morgan fingerprint density at radius 3 is 2.18 bits per heavy atom. The fraction of sp³-hybridized carbons (Fsp3) is 0.0909. The van der Waals surface area contributed by atoms with Gasteiger partial charge in [-0.2, -0.15) is 0 Å². The zero-order valence-electron chi connectivity index (χ0n) is 15.2. The number of ether oxygens (including phenoxy) is 1. The van der Waals surface area contributed by atoms with E-state index < -0.39 is 0 Å². The second-order valence-corrected chi connectivity index (χ2v) is 7.13. The molecule has 0 saturated heterocycles. The van der Waals surface area contributed by atoms with Crippen LogP contribution in [0.3, 0.4) is 0 Å². The maximum atomic E-state index is 12.9. The molecule has 5 nitrogen and oxygen atoms in total. The van der Waals surface area contributed by atoms with Crippen LogP contribution in [0.2, 0.25) is 0 Å². The first-order chi connectivity index (χ1) is 13.8. The number of methoxy groups -OCH3 is 1. The van der Waals surface area contributed by atoms with Gasteiger partial charge in [-0.15, -0.1) is 0 Å². The summed E-state index contributed by atoms with van der Waals surface area (Å²) in [6.45, 7) is -0.153. The Balaban J connectivity index is 1.48. The zero-order chi connectivity index (χ0) is 19.3. The number of hydrogen-bond donors (Lipinski definition) is 0. The molecular weight excluding hydrogens is 372 g/mol. The van der Waals surface area contributed by atoms with Crippen molar-refractivity contribution in [2.75, 3.05) is 18.6 Å². The summed E-state index contributed by atoms with van der Waals surface area (Å²) in [5, 5.41) is 3.93. The van der Waals surface area contributed by atoms with Gasteiger partial charge in [0.25, 0.3) is 5.91 Å². The predicted octanol–water partition coefficient (Wildman–Crippen LogP) is 4.88. The van der Waals surface area contributed by atoms with E-state index in [1.165, 1.54) is 0 Å². The predicted molar refractivity (Wildman–Crippen MR) is 111 cm³/mol. The van der Waals surface area contributed by atoms with Crippen molar-refractivity contribution in [3.8, 4) is 5.75 Å². The average Bonchev–Trinajstić information content (AvgIpc) is 2.75. The molecular formula is C22H18N2O3S. The first-order valence-electron chi connectivity index (χ1n) is 8.74. The molecule has 6 heteroatoms. The number of amides is 1. The SMILES string of the molecule is COc1ccc(C=NOCC(=O)N2c3ccccc3Sc3ccccc32)cc1. The van der Waals surface area contributed by atoms with Crippen molar-refractivity contribution >= 4 is 35.3 Å². The van der Waals surface area contributed by atoms with Crippen molar-refractivity contribution < 1.29 is 14.4 Å². The van der Waals surface area contributed by atoms with Crippen LogP contribution >= 0.6 is 11.8 Å². The normalized spacial score (nSPS) is 12.4. The quantitative estimate of drug-likeness (QED) is 0.460. The summed E-state index contributed by atoms with van der Waals surface area (Å²) in [5.74, 6) is 0.598. The van der Waals surface area contributed by atoms with Gasteiger partial charge in [0, 0.05) is 9.79 Å². The number of carbonyl (C=O) groups is 1. The summed E-state index contributed by atoms with van der Waals surface area (Å²) in [6.07, 6.45) is 1.57. The topological polar surface area (TPSA) is 51.1 Å². The van der Waals surface area contributed by atoms with Crippen molar-refractivity contribution in [2.24, 2.45) is 5.16 Å². The maximum absolute atomic E-state index is 12.9. The molecule has 1 heterocycles. The molecule has 140 valence electrons. The molecule has 1 aliphatic heterocycles. The maximum Gasteiger partial charge on any atom is 0.272 e. The van der Waals surface area contributed by atoms with Crippen LogP contribution in [-0.2, 0) is 9.63 Å². The van der Waals surface area contributed by atoms with Gasteiger partial charge in [0.1, 0.15) is 5.75 Å². The van der Waals surface area contributed by atoms with E-state index in [-0.39, 0.29) is 12.5 Å². The number of nitrogens with zero attached hydrogens (tertiary/aromatic N) is 2. The molecule has 0 bridgehead atoms. The van der Waals surface area contributed by atoms with E-state index in [1.54, 1.807) is 30.0 Å². The Morgan fingerprint density at radius 1 is 0.964 bits per heavy atom. The molecule has 3 aromatic carbocycles. The monoisotopic (exact) mass is 390 g/mol. The van der Waals surface area contributed by atoms with Crippen molar-refractivity contribution in [2.45, 2.75) is 9.79 Å². The van der Waals surface area contributed by atoms with Gasteiger partial charge in [-0.25, -0.2) is 0 Å². The fourth-order valence-corrected chi connectivity index (χ4v) is 3.98. The molecule has 0 atom stereocenters. The first-order valence-corrected chi connectivity index (χ1v) is 9.56. The number of anilines is 2. The van der Waals surface area contributed by atoms with Crippen LogP contribution < -0.4 is 9.64 Å². The lowest BCUT2D eigenvalue weighted by Crippen LogP contribution is -2.31. The van der Waals surface area contributed by atoms with Crippen molar-refractivity contribution in [1.82, 2.24) is 0 Å². The zero-order valence-corrected chi connectivity index (χ0v) is 16.1. The smallest absolute Gasteiger partial charge is 0.272 e. The Kier molecular flexibility index (Phi) is 5.30. The Morgan fingerprint density at radius 2 is 1.57 bits per heavy atom. The van der Waals surface area contributed by atoms with Crippen LogP contribution in [0.4, 0.5) is 11.4 Å². The van der Waals surface area contributed by atoms with Gasteiger partial charge in [0.2, 0.25) is 0 Å². The van der Waals surface area contributed by atoms with Crippen LogP contribution in [0.15, 0.2) is 87.7 Å². The van der Waals surface area contributed by atoms with Crippen LogP contribution in [0.1, 0.15) is 5.56 Å². The third-order valence-electron chi connectivity index (χ3n) is 4.26. The van der Waals surface area contributed by atoms with E-state index in [4.69, 9.17) is 9.57 Å². The van der Waals surface area contributed by atoms with Gasteiger partial charge in [-0.05, 0) is 54.1 Å². The van der Waals surface area contributed by atoms with Crippen molar-refractivity contribution in [1.29, 1.82) is 0 Å². The highest BCUT2D eigenvalue weighted by atomic mass is 32.2. The summed E-state index contributed by atoms with van der Waals surface area (Å²) >= 11 is 1.66. The van der Waals surface area contributed by atoms with Gasteiger partial charge in [0.05, 0.1) is 24.7 Å². The summed E-state index contributed by atoms with van der Waals surface area (Å²) in [5.41, 5.74) is 2.58. The van der Waals surface area contributed by atoms with Gasteiger partial charge < -0.3 is 9.57 Å². The van der Waals surface area contributed by atoms with Crippen molar-refractivity contribution in [3.05, 3.63) is 78.4 Å². The summed E-state index contributed by atoms with van der Waals surface area (Å²) in [6, 6.07) is 23.1. The number of hydrogen-bond acceptors (Lipinski definition) is 5. The number of benzene rings is 3. The molecule has 0 aliphatic carbocycles. The van der Waals surface area contributed by atoms with Gasteiger partial charge in [0.15, 0.2) is 6.61 Å². The van der Waals surface area contributed by atoms with Crippen LogP contribution in [0.5, 0.6) is 5.75 Å². The average molecular weight is 390 g/mol. The largest absolute Gasteiger partial charge is 0.497 e. The minimum absolute atomic E-state index is 0.153. The highest BCUT2D eigenvalue weighted by molar-refractivity contribution is 7.99. The van der Waals surface area contributed by atoms with E-state index in [1.807, 2.05) is 72.8 Å². The lowest BCUT2D eigenvalue weighted by Gasteiger charge is -2.30. The number of carbonyl (C=O) groups excluding carboxylic acids is 1. The second kappa shape index (κ2) is 8.19. The van der Waals surface area contributed by atoms with Crippen LogP contribution in [0.25, 0.3) is 0 Å². The lowest BCUT2D eigenvalue weighted by atomic mass is 10.2. The Bertz CT molecular complexity index is 973. The molecule has 0 saturated carbocycles. The molecule has 3 aromatic rings. The molecule has 0 unspecified atom stereocenters. The highest BCUT2D eigenvalue weighted by Crippen LogP contribution is 2.47. The molecule has 0 spiro atoms. The molecule has 4 rings (SSSR count). The van der Waals surface area contributed by atoms with Gasteiger partial charge in [-0.3, -0.25) is 9.69 Å². The Hall–Kier alpha value is -3.25. The lowest BCUT2D eigenvalue weighted by molar-refractivity contribution is -0.122. The van der Waals surface area contributed by atoms with Crippen LogP contribution in [-0.4, -0.2) is 25.8 Å². The molecule has 1 amide bonds. The minimum atomic E-state index is -0.174. The molecule has 0 radical (unpaired) electrons. The molecule has 0 N–H and O–H groups in total. The van der Waals surface area contributed by atoms with Crippen LogP contribution in [0, 0.1) is 0 Å². The molecule has 1 aliphatic rings. The summed E-state index contributed by atoms with van der Waals surface area (Å²) in [4.78, 5) is 22.0. The van der Waals surface area contributed by atoms with Gasteiger partial charge in [-0.1, -0.05) is 41.2 Å². The van der Waals surface area contributed by atoms with E-state index in [0.717, 1.165) is 32.5 Å². The first kappa shape index (κ1) is 18.1. The van der Waals surface area contributed by atoms with Crippen molar-refractivity contribution in [3.63, 3.8) is 0 Å². The third-order valence-corrected chi connectivity index (χ3v) is 5.39. The molecule has 28 heavy (non-hydrogen) atoms. The van der Waals surface area contributed by atoms with E-state index in [9.17, 15) is 4.79 Å². The number of para-hydroxylation sites is 2. The number of oxime groups is 1.